The van der Waals surface area contributed by atoms with Crippen LogP contribution < -0.4 is 0 Å². The molecule has 0 unspecified atom stereocenters. The van der Waals surface area contributed by atoms with Gasteiger partial charge in [0.15, 0.2) is 5.82 Å². The number of ether oxygens (including phenoxy) is 1. The van der Waals surface area contributed by atoms with Gasteiger partial charge in [-0.25, -0.2) is 9.78 Å². The average Bonchev–Trinajstić information content (AvgIpc) is 2.64. The van der Waals surface area contributed by atoms with E-state index in [-0.39, 0.29) is 12.4 Å². The number of hydrogen-bond donors (Lipinski definition) is 0. The Hall–Kier alpha value is -1.98. The maximum Gasteiger partial charge on any atom is 0.375 e. The molecule has 0 aliphatic carbocycles. The van der Waals surface area contributed by atoms with Crippen LogP contribution in [0, 0.1) is 0 Å². The Morgan fingerprint density at radius 3 is 2.62 bits per heavy atom. The molecule has 0 N–H and O–H groups in total. The number of imidazole rings is 1. The summed E-state index contributed by atoms with van der Waals surface area (Å²) in [5.41, 5.74) is 0. The summed E-state index contributed by atoms with van der Waals surface area (Å²) in [5.74, 6) is -2.18. The lowest BCUT2D eigenvalue weighted by Crippen LogP contribution is -2.22. The highest BCUT2D eigenvalue weighted by Crippen LogP contribution is 2.01. The zero-order chi connectivity index (χ0) is 12.1. The standard InChI is InChI=1S/C10H12N2O4/c1-3-16-10(15)8(14)6-7(13)9-11-4-5-12(9)2/h4-5H,3,6H2,1-2H3. The minimum Gasteiger partial charge on any atom is -0.460 e. The van der Waals surface area contributed by atoms with Crippen LogP contribution in [0.5, 0.6) is 0 Å². The summed E-state index contributed by atoms with van der Waals surface area (Å²) in [4.78, 5) is 37.5. The lowest BCUT2D eigenvalue weighted by Gasteiger charge is -2.01. The molecule has 0 bridgehead atoms. The van der Waals surface area contributed by atoms with Crippen LogP contribution in [0.3, 0.4) is 0 Å². The Balaban J connectivity index is 2.62. The summed E-state index contributed by atoms with van der Waals surface area (Å²) in [5, 5.41) is 0. The molecule has 0 saturated heterocycles. The molecule has 0 aliphatic heterocycles. The second-order valence-corrected chi connectivity index (χ2v) is 3.11. The van der Waals surface area contributed by atoms with Crippen LogP contribution in [0.25, 0.3) is 0 Å². The van der Waals surface area contributed by atoms with Gasteiger partial charge in [-0.15, -0.1) is 0 Å². The van der Waals surface area contributed by atoms with Crippen LogP contribution in [-0.2, 0) is 21.4 Å². The number of carbonyl (C=O) groups excluding carboxylic acids is 3. The number of ketones is 2. The molecule has 6 heteroatoms. The van der Waals surface area contributed by atoms with Crippen LogP contribution in [0.2, 0.25) is 0 Å². The van der Waals surface area contributed by atoms with Crippen molar-refractivity contribution in [1.29, 1.82) is 0 Å². The average molecular weight is 224 g/mol. The number of aryl methyl sites for hydroxylation is 1. The van der Waals surface area contributed by atoms with Gasteiger partial charge in [-0.1, -0.05) is 0 Å². The van der Waals surface area contributed by atoms with Gasteiger partial charge in [-0.3, -0.25) is 9.59 Å². The van der Waals surface area contributed by atoms with Gasteiger partial charge in [0.25, 0.3) is 0 Å². The number of nitrogens with zero attached hydrogens (tertiary/aromatic N) is 2. The zero-order valence-electron chi connectivity index (χ0n) is 9.10. The van der Waals surface area contributed by atoms with E-state index in [4.69, 9.17) is 0 Å². The summed E-state index contributed by atoms with van der Waals surface area (Å²) in [6.07, 6.45) is 2.52. The lowest BCUT2D eigenvalue weighted by molar-refractivity contribution is -0.153. The van der Waals surface area contributed by atoms with Crippen molar-refractivity contribution in [3.63, 3.8) is 0 Å². The first-order valence-electron chi connectivity index (χ1n) is 4.76. The fourth-order valence-corrected chi connectivity index (χ4v) is 1.14. The predicted molar refractivity (Wildman–Crippen MR) is 53.8 cm³/mol. The van der Waals surface area contributed by atoms with Crippen molar-refractivity contribution in [2.24, 2.45) is 7.05 Å². The molecule has 0 aliphatic rings. The fourth-order valence-electron chi connectivity index (χ4n) is 1.14. The van der Waals surface area contributed by atoms with Gasteiger partial charge in [0.1, 0.15) is 0 Å². The van der Waals surface area contributed by atoms with Crippen LogP contribution in [0.1, 0.15) is 24.0 Å². The third-order valence-electron chi connectivity index (χ3n) is 1.89. The van der Waals surface area contributed by atoms with E-state index in [1.165, 1.54) is 10.8 Å². The van der Waals surface area contributed by atoms with Gasteiger partial charge in [-0.2, -0.15) is 0 Å². The smallest absolute Gasteiger partial charge is 0.375 e. The van der Waals surface area contributed by atoms with E-state index in [0.29, 0.717) is 0 Å². The maximum atomic E-state index is 11.5. The van der Waals surface area contributed by atoms with Gasteiger partial charge in [0.2, 0.25) is 11.6 Å². The molecule has 6 nitrogen and oxygen atoms in total. The molecular weight excluding hydrogens is 212 g/mol. The Morgan fingerprint density at radius 1 is 1.44 bits per heavy atom. The topological polar surface area (TPSA) is 78.3 Å². The number of hydrogen-bond acceptors (Lipinski definition) is 5. The molecule has 0 amide bonds. The highest BCUT2D eigenvalue weighted by atomic mass is 16.5. The fraction of sp³-hybridized carbons (Fsp3) is 0.400. The number of aromatic nitrogens is 2. The summed E-state index contributed by atoms with van der Waals surface area (Å²) in [6.45, 7) is 1.70. The lowest BCUT2D eigenvalue weighted by atomic mass is 10.2. The molecular formula is C10H12N2O4. The monoisotopic (exact) mass is 224 g/mol. The van der Waals surface area contributed by atoms with Crippen molar-refractivity contribution in [2.45, 2.75) is 13.3 Å². The van der Waals surface area contributed by atoms with E-state index in [1.54, 1.807) is 20.2 Å². The van der Waals surface area contributed by atoms with Gasteiger partial charge in [0, 0.05) is 19.4 Å². The molecule has 0 radical (unpaired) electrons. The Bertz CT molecular complexity index is 422. The van der Waals surface area contributed by atoms with Crippen molar-refractivity contribution in [2.75, 3.05) is 6.61 Å². The van der Waals surface area contributed by atoms with Gasteiger partial charge in [0.05, 0.1) is 13.0 Å². The predicted octanol–water partition coefficient (Wildman–Crippen LogP) is 0.125. The van der Waals surface area contributed by atoms with Crippen molar-refractivity contribution < 1.29 is 19.1 Å². The Kier molecular flexibility index (Phi) is 3.93. The molecule has 16 heavy (non-hydrogen) atoms. The SMILES string of the molecule is CCOC(=O)C(=O)CC(=O)c1nccn1C. The van der Waals surface area contributed by atoms with E-state index in [2.05, 4.69) is 9.72 Å². The van der Waals surface area contributed by atoms with Crippen LogP contribution >= 0.6 is 0 Å². The minimum absolute atomic E-state index is 0.112. The largest absolute Gasteiger partial charge is 0.460 e. The van der Waals surface area contributed by atoms with Crippen LogP contribution in [0.15, 0.2) is 12.4 Å². The first kappa shape index (κ1) is 12.1. The molecule has 0 aromatic carbocycles. The van der Waals surface area contributed by atoms with Crippen LogP contribution in [0.4, 0.5) is 0 Å². The van der Waals surface area contributed by atoms with Gasteiger partial charge >= 0.3 is 5.97 Å². The molecule has 1 heterocycles. The number of Topliss-reactive ketones (excluding diaryl/α,β-unsaturated/α-hetero) is 2. The molecule has 0 atom stereocenters. The van der Waals surface area contributed by atoms with E-state index < -0.39 is 24.0 Å². The first-order chi connectivity index (χ1) is 7.56. The summed E-state index contributed by atoms with van der Waals surface area (Å²) < 4.78 is 5.97. The third kappa shape index (κ3) is 2.75. The minimum atomic E-state index is -0.981. The summed E-state index contributed by atoms with van der Waals surface area (Å²) in [6, 6.07) is 0. The Labute approximate surface area is 92.2 Å². The summed E-state index contributed by atoms with van der Waals surface area (Å²) >= 11 is 0. The second-order valence-electron chi connectivity index (χ2n) is 3.11. The summed E-state index contributed by atoms with van der Waals surface area (Å²) in [7, 11) is 1.63. The zero-order valence-corrected chi connectivity index (χ0v) is 9.10. The molecule has 0 spiro atoms. The number of esters is 1. The quantitative estimate of drug-likeness (QED) is 0.307. The van der Waals surface area contributed by atoms with Crippen molar-refractivity contribution in [1.82, 2.24) is 9.55 Å². The van der Waals surface area contributed by atoms with Crippen LogP contribution in [-0.4, -0.2) is 33.7 Å². The third-order valence-corrected chi connectivity index (χ3v) is 1.89. The molecule has 86 valence electrons. The van der Waals surface area contributed by atoms with Crippen molar-refractivity contribution in [3.05, 3.63) is 18.2 Å². The van der Waals surface area contributed by atoms with Crippen molar-refractivity contribution >= 4 is 17.5 Å². The maximum absolute atomic E-state index is 11.5. The second kappa shape index (κ2) is 5.20. The van der Waals surface area contributed by atoms with Gasteiger partial charge in [-0.05, 0) is 6.92 Å². The van der Waals surface area contributed by atoms with E-state index in [0.717, 1.165) is 0 Å². The van der Waals surface area contributed by atoms with Crippen molar-refractivity contribution in [3.8, 4) is 0 Å². The number of carbonyl (C=O) groups is 3. The molecule has 0 saturated carbocycles. The normalized spacial score (nSPS) is 9.88. The molecule has 0 fully saturated rings. The highest BCUT2D eigenvalue weighted by Gasteiger charge is 2.21. The number of rotatable bonds is 5. The van der Waals surface area contributed by atoms with E-state index in [1.807, 2.05) is 0 Å². The van der Waals surface area contributed by atoms with Gasteiger partial charge < -0.3 is 9.30 Å². The molecule has 1 aromatic rings. The first-order valence-corrected chi connectivity index (χ1v) is 4.76. The Morgan fingerprint density at radius 2 is 2.12 bits per heavy atom. The molecule has 1 rings (SSSR count). The van der Waals surface area contributed by atoms with E-state index >= 15 is 0 Å². The highest BCUT2D eigenvalue weighted by molar-refractivity contribution is 6.37. The molecule has 1 aromatic heterocycles. The van der Waals surface area contributed by atoms with E-state index in [9.17, 15) is 14.4 Å².